The zero-order valence-electron chi connectivity index (χ0n) is 32.8. The molecule has 2 aromatic carbocycles. The van der Waals surface area contributed by atoms with Crippen LogP contribution in [0.2, 0.25) is 5.02 Å². The summed E-state index contributed by atoms with van der Waals surface area (Å²) in [4.78, 5) is 38.7. The molecule has 0 radical (unpaired) electrons. The lowest BCUT2D eigenvalue weighted by atomic mass is 10.1. The Hall–Kier alpha value is -4.92. The number of nitrogens with zero attached hydrogens (tertiary/aromatic N) is 1. The molecule has 0 saturated heterocycles. The van der Waals surface area contributed by atoms with Crippen molar-refractivity contribution in [1.82, 2.24) is 20.5 Å². The van der Waals surface area contributed by atoms with Gasteiger partial charge in [0.15, 0.2) is 0 Å². The molecule has 1 heterocycles. The number of hydrogen-bond acceptors (Lipinski definition) is 5. The van der Waals surface area contributed by atoms with Crippen LogP contribution in [0, 0.1) is 6.92 Å². The molecule has 0 aliphatic rings. The Bertz CT molecular complexity index is 1820. The van der Waals surface area contributed by atoms with Gasteiger partial charge in [-0.2, -0.15) is 0 Å². The second-order valence-electron chi connectivity index (χ2n) is 13.0. The lowest BCUT2D eigenvalue weighted by Crippen LogP contribution is -2.33. The number of hydrogen-bond donors (Lipinski definition) is 3. The molecule has 294 valence electrons. The van der Waals surface area contributed by atoms with Crippen molar-refractivity contribution in [3.05, 3.63) is 137 Å². The zero-order valence-corrected chi connectivity index (χ0v) is 33.6. The predicted octanol–water partition coefficient (Wildman–Crippen LogP) is 9.53. The molecule has 3 aromatic rings. The number of allylic oxidation sites excluding steroid dienone is 12. The SMILES string of the molecule is CC/C=C\C/C=C\C/C=C\C/C=C\C/C=C\C/C=C\CCC(=O)NCCNCCCNC(=O)Cc1c(C)n(C(=O)c2ccc(Cl)cc2)c2ccc(OC)cc12. The van der Waals surface area contributed by atoms with E-state index in [2.05, 4.69) is 95.8 Å². The van der Waals surface area contributed by atoms with E-state index in [-0.39, 0.29) is 24.1 Å². The van der Waals surface area contributed by atoms with Gasteiger partial charge in [-0.05, 0) is 113 Å². The van der Waals surface area contributed by atoms with Crippen molar-refractivity contribution in [1.29, 1.82) is 0 Å². The van der Waals surface area contributed by atoms with Crippen LogP contribution >= 0.6 is 11.6 Å². The van der Waals surface area contributed by atoms with Gasteiger partial charge in [0.2, 0.25) is 11.8 Å². The number of amides is 2. The lowest BCUT2D eigenvalue weighted by molar-refractivity contribution is -0.121. The van der Waals surface area contributed by atoms with Crippen molar-refractivity contribution < 1.29 is 19.1 Å². The van der Waals surface area contributed by atoms with E-state index < -0.39 is 0 Å². The maximum absolute atomic E-state index is 13.5. The van der Waals surface area contributed by atoms with Crippen molar-refractivity contribution >= 4 is 40.2 Å². The fourth-order valence-corrected chi connectivity index (χ4v) is 5.94. The lowest BCUT2D eigenvalue weighted by Gasteiger charge is -2.09. The van der Waals surface area contributed by atoms with E-state index in [1.165, 1.54) is 0 Å². The third kappa shape index (κ3) is 17.0. The van der Waals surface area contributed by atoms with Gasteiger partial charge in [0.25, 0.3) is 5.91 Å². The van der Waals surface area contributed by atoms with Crippen LogP contribution in [-0.2, 0) is 16.0 Å². The first-order chi connectivity index (χ1) is 26.8. The fourth-order valence-electron chi connectivity index (χ4n) is 5.82. The average molecular weight is 767 g/mol. The molecule has 0 aliphatic carbocycles. The van der Waals surface area contributed by atoms with Crippen LogP contribution in [0.25, 0.3) is 10.9 Å². The molecule has 0 atom stereocenters. The summed E-state index contributed by atoms with van der Waals surface area (Å²) >= 11 is 6.04. The Morgan fingerprint density at radius 1 is 0.709 bits per heavy atom. The molecule has 0 aliphatic heterocycles. The molecule has 9 heteroatoms. The van der Waals surface area contributed by atoms with Crippen LogP contribution in [0.5, 0.6) is 5.75 Å². The fraction of sp³-hybridized carbons (Fsp3) is 0.370. The Kier molecular flexibility index (Phi) is 21.7. The molecule has 8 nitrogen and oxygen atoms in total. The summed E-state index contributed by atoms with van der Waals surface area (Å²) in [6.07, 6.45) is 34.0. The van der Waals surface area contributed by atoms with Crippen LogP contribution in [0.15, 0.2) is 115 Å². The smallest absolute Gasteiger partial charge is 0.262 e. The van der Waals surface area contributed by atoms with E-state index in [1.807, 2.05) is 25.1 Å². The highest BCUT2D eigenvalue weighted by Gasteiger charge is 2.22. The van der Waals surface area contributed by atoms with Crippen LogP contribution in [0.4, 0.5) is 0 Å². The van der Waals surface area contributed by atoms with Gasteiger partial charge in [-0.3, -0.25) is 19.0 Å². The highest BCUT2D eigenvalue weighted by molar-refractivity contribution is 6.30. The molecule has 0 spiro atoms. The largest absolute Gasteiger partial charge is 0.497 e. The molecule has 0 bridgehead atoms. The summed E-state index contributed by atoms with van der Waals surface area (Å²) in [5, 5.41) is 10.6. The van der Waals surface area contributed by atoms with E-state index >= 15 is 0 Å². The quantitative estimate of drug-likeness (QED) is 0.0589. The summed E-state index contributed by atoms with van der Waals surface area (Å²) in [5.74, 6) is 0.376. The van der Waals surface area contributed by atoms with Gasteiger partial charge in [0.05, 0.1) is 19.0 Å². The van der Waals surface area contributed by atoms with E-state index in [1.54, 1.807) is 35.9 Å². The number of nitrogens with one attached hydrogen (secondary N) is 3. The van der Waals surface area contributed by atoms with E-state index in [0.29, 0.717) is 60.1 Å². The number of carbonyl (C=O) groups is 3. The normalized spacial score (nSPS) is 12.1. The predicted molar refractivity (Wildman–Crippen MR) is 229 cm³/mol. The molecule has 3 N–H and O–H groups in total. The number of benzene rings is 2. The number of methoxy groups -OCH3 is 1. The molecule has 2 amide bonds. The van der Waals surface area contributed by atoms with Crippen molar-refractivity contribution in [3.63, 3.8) is 0 Å². The third-order valence-corrected chi connectivity index (χ3v) is 9.04. The first kappa shape index (κ1) is 44.5. The molecule has 1 aromatic heterocycles. The van der Waals surface area contributed by atoms with Crippen molar-refractivity contribution in [2.24, 2.45) is 0 Å². The van der Waals surface area contributed by atoms with Crippen LogP contribution < -0.4 is 20.7 Å². The van der Waals surface area contributed by atoms with Gasteiger partial charge in [-0.25, -0.2) is 0 Å². The number of halogens is 1. The van der Waals surface area contributed by atoms with Gasteiger partial charge >= 0.3 is 0 Å². The van der Waals surface area contributed by atoms with Gasteiger partial charge in [0, 0.05) is 47.7 Å². The van der Waals surface area contributed by atoms with E-state index in [4.69, 9.17) is 16.3 Å². The monoisotopic (exact) mass is 766 g/mol. The molecule has 0 unspecified atom stereocenters. The average Bonchev–Trinajstić information content (AvgIpc) is 3.45. The molecule has 55 heavy (non-hydrogen) atoms. The minimum absolute atomic E-state index is 0.0396. The standard InChI is InChI=1S/C46H59ClN4O4/c1-4-5-6-7-8-9-10-11-12-13-14-15-16-17-18-19-20-21-22-24-44(52)50-34-33-48-31-23-32-49-45(53)36-41-37(2)51(43-30-29-40(55-3)35-42(41)43)46(54)38-25-27-39(47)28-26-38/h5-6,8-9,11-12,14-15,17-18,20-21,25-30,35,48H,4,7,10,13,16,19,22-24,31-34,36H2,1-3H3,(H,49,53)(H,50,52)/b6-5-,9-8-,12-11-,15-14-,18-17-,21-20-. The van der Waals surface area contributed by atoms with Crippen LogP contribution in [-0.4, -0.2) is 55.6 Å². The highest BCUT2D eigenvalue weighted by atomic mass is 35.5. The van der Waals surface area contributed by atoms with Crippen molar-refractivity contribution in [2.45, 2.75) is 78.1 Å². The molecule has 0 fully saturated rings. The highest BCUT2D eigenvalue weighted by Crippen LogP contribution is 2.31. The first-order valence-electron chi connectivity index (χ1n) is 19.5. The Labute approximate surface area is 333 Å². The molecular formula is C46H59ClN4O4. The van der Waals surface area contributed by atoms with Crippen LogP contribution in [0.3, 0.4) is 0 Å². The Morgan fingerprint density at radius 3 is 1.89 bits per heavy atom. The third-order valence-electron chi connectivity index (χ3n) is 8.78. The number of ether oxygens (including phenoxy) is 1. The van der Waals surface area contributed by atoms with E-state index in [9.17, 15) is 14.4 Å². The topological polar surface area (TPSA) is 101 Å². The summed E-state index contributed by atoms with van der Waals surface area (Å²) in [6.45, 7) is 6.43. The van der Waals surface area contributed by atoms with E-state index in [0.717, 1.165) is 62.3 Å². The number of fused-ring (bicyclic) bond motifs is 1. The maximum atomic E-state index is 13.5. The Morgan fingerprint density at radius 2 is 1.29 bits per heavy atom. The van der Waals surface area contributed by atoms with Gasteiger partial charge < -0.3 is 20.7 Å². The first-order valence-corrected chi connectivity index (χ1v) is 19.9. The summed E-state index contributed by atoms with van der Waals surface area (Å²) in [7, 11) is 1.59. The second-order valence-corrected chi connectivity index (χ2v) is 13.5. The molecule has 3 rings (SSSR count). The molecule has 0 saturated carbocycles. The Balaban J connectivity index is 1.24. The van der Waals surface area contributed by atoms with Crippen molar-refractivity contribution in [2.75, 3.05) is 33.3 Å². The summed E-state index contributed by atoms with van der Waals surface area (Å²) < 4.78 is 7.08. The minimum Gasteiger partial charge on any atom is -0.497 e. The maximum Gasteiger partial charge on any atom is 0.262 e. The second kappa shape index (κ2) is 26.8. The number of carbonyl (C=O) groups excluding carboxylic acids is 3. The zero-order chi connectivity index (χ0) is 39.5. The number of aromatic nitrogens is 1. The van der Waals surface area contributed by atoms with Gasteiger partial charge in [0.1, 0.15) is 5.75 Å². The van der Waals surface area contributed by atoms with Gasteiger partial charge in [-0.15, -0.1) is 0 Å². The minimum atomic E-state index is -0.192. The molecular weight excluding hydrogens is 708 g/mol. The summed E-state index contributed by atoms with van der Waals surface area (Å²) in [5.41, 5.74) is 2.71. The number of rotatable bonds is 25. The van der Waals surface area contributed by atoms with Crippen molar-refractivity contribution in [3.8, 4) is 5.75 Å². The van der Waals surface area contributed by atoms with Crippen LogP contribution in [0.1, 0.15) is 86.3 Å². The van der Waals surface area contributed by atoms with Gasteiger partial charge in [-0.1, -0.05) is 91.4 Å². The summed E-state index contributed by atoms with van der Waals surface area (Å²) in [6, 6.07) is 12.3.